The van der Waals surface area contributed by atoms with Crippen LogP contribution in [0.15, 0.2) is 48.5 Å². The van der Waals surface area contributed by atoms with E-state index in [4.69, 9.17) is 22.1 Å². The van der Waals surface area contributed by atoms with Crippen LogP contribution in [0.3, 0.4) is 0 Å². The van der Waals surface area contributed by atoms with Crippen molar-refractivity contribution in [3.05, 3.63) is 64.7 Å². The van der Waals surface area contributed by atoms with Gasteiger partial charge >= 0.3 is 0 Å². The normalized spacial score (nSPS) is 10.3. The molecule has 0 amide bonds. The van der Waals surface area contributed by atoms with E-state index in [-0.39, 0.29) is 0 Å². The van der Waals surface area contributed by atoms with Crippen LogP contribution < -0.4 is 10.5 Å². The van der Waals surface area contributed by atoms with Crippen molar-refractivity contribution in [2.45, 2.75) is 13.0 Å². The standard InChI is InChI=1S/C15H16ClNO/c16-14-8-4-7-13(11-17)15(14)18-10-9-12-5-2-1-3-6-12/h1-8H,9-11,17H2. The number of benzene rings is 2. The van der Waals surface area contributed by atoms with Gasteiger partial charge in [-0.15, -0.1) is 0 Å². The Bertz CT molecular complexity index is 499. The lowest BCUT2D eigenvalue weighted by molar-refractivity contribution is 0.319. The molecule has 3 heteroatoms. The Hall–Kier alpha value is -1.51. The molecule has 0 fully saturated rings. The van der Waals surface area contributed by atoms with Crippen molar-refractivity contribution in [1.82, 2.24) is 0 Å². The van der Waals surface area contributed by atoms with Crippen LogP contribution in [0.25, 0.3) is 0 Å². The van der Waals surface area contributed by atoms with Crippen molar-refractivity contribution in [1.29, 1.82) is 0 Å². The lowest BCUT2D eigenvalue weighted by Gasteiger charge is -2.12. The first-order valence-electron chi connectivity index (χ1n) is 5.95. The predicted molar refractivity (Wildman–Crippen MR) is 75.0 cm³/mol. The summed E-state index contributed by atoms with van der Waals surface area (Å²) in [6.07, 6.45) is 0.857. The van der Waals surface area contributed by atoms with Gasteiger partial charge in [0.1, 0.15) is 5.75 Å². The van der Waals surface area contributed by atoms with Gasteiger partial charge in [0.25, 0.3) is 0 Å². The highest BCUT2D eigenvalue weighted by atomic mass is 35.5. The van der Waals surface area contributed by atoms with Crippen molar-refractivity contribution in [2.24, 2.45) is 5.73 Å². The summed E-state index contributed by atoms with van der Waals surface area (Å²) in [7, 11) is 0. The van der Waals surface area contributed by atoms with Crippen LogP contribution in [-0.2, 0) is 13.0 Å². The van der Waals surface area contributed by atoms with Crippen LogP contribution in [0, 0.1) is 0 Å². The molecule has 0 radical (unpaired) electrons. The third-order valence-electron chi connectivity index (χ3n) is 2.75. The van der Waals surface area contributed by atoms with Crippen LogP contribution >= 0.6 is 11.6 Å². The summed E-state index contributed by atoms with van der Waals surface area (Å²) in [6, 6.07) is 15.9. The van der Waals surface area contributed by atoms with E-state index in [1.807, 2.05) is 36.4 Å². The molecule has 0 spiro atoms. The average Bonchev–Trinajstić information content (AvgIpc) is 2.41. The minimum Gasteiger partial charge on any atom is -0.491 e. The quantitative estimate of drug-likeness (QED) is 0.895. The maximum absolute atomic E-state index is 6.11. The Kier molecular flexibility index (Phi) is 4.62. The summed E-state index contributed by atoms with van der Waals surface area (Å²) in [5.41, 5.74) is 7.85. The molecule has 2 aromatic carbocycles. The highest BCUT2D eigenvalue weighted by molar-refractivity contribution is 6.32. The number of ether oxygens (including phenoxy) is 1. The zero-order valence-electron chi connectivity index (χ0n) is 10.1. The molecule has 94 valence electrons. The van der Waals surface area contributed by atoms with E-state index >= 15 is 0 Å². The van der Waals surface area contributed by atoms with Gasteiger partial charge < -0.3 is 10.5 Å². The number of nitrogens with two attached hydrogens (primary N) is 1. The van der Waals surface area contributed by atoms with Crippen molar-refractivity contribution < 1.29 is 4.74 Å². The summed E-state index contributed by atoms with van der Waals surface area (Å²) in [5.74, 6) is 0.706. The average molecular weight is 262 g/mol. The summed E-state index contributed by atoms with van der Waals surface area (Å²) < 4.78 is 5.75. The van der Waals surface area contributed by atoms with Gasteiger partial charge in [-0.25, -0.2) is 0 Å². The fourth-order valence-electron chi connectivity index (χ4n) is 1.79. The summed E-state index contributed by atoms with van der Waals surface area (Å²) in [6.45, 7) is 1.03. The van der Waals surface area contributed by atoms with E-state index in [0.29, 0.717) is 23.9 Å². The number of hydrogen-bond donors (Lipinski definition) is 1. The maximum Gasteiger partial charge on any atom is 0.142 e. The Balaban J connectivity index is 1.98. The Labute approximate surface area is 112 Å². The molecule has 0 atom stereocenters. The summed E-state index contributed by atoms with van der Waals surface area (Å²) >= 11 is 6.11. The molecular weight excluding hydrogens is 246 g/mol. The second kappa shape index (κ2) is 6.43. The monoisotopic (exact) mass is 261 g/mol. The molecule has 2 N–H and O–H groups in total. The van der Waals surface area contributed by atoms with Crippen LogP contribution in [0.1, 0.15) is 11.1 Å². The molecule has 0 heterocycles. The van der Waals surface area contributed by atoms with E-state index < -0.39 is 0 Å². The Morgan fingerprint density at radius 3 is 2.50 bits per heavy atom. The van der Waals surface area contributed by atoms with Crippen molar-refractivity contribution in [3.63, 3.8) is 0 Å². The highest BCUT2D eigenvalue weighted by Gasteiger charge is 2.06. The van der Waals surface area contributed by atoms with Gasteiger partial charge in [0.2, 0.25) is 0 Å². The number of halogens is 1. The molecule has 0 saturated heterocycles. The third-order valence-corrected chi connectivity index (χ3v) is 3.05. The van der Waals surface area contributed by atoms with Crippen LogP contribution in [0.4, 0.5) is 0 Å². The van der Waals surface area contributed by atoms with E-state index in [1.54, 1.807) is 0 Å². The summed E-state index contributed by atoms with van der Waals surface area (Å²) in [5, 5.41) is 0.617. The third kappa shape index (κ3) is 3.25. The number of rotatable bonds is 5. The van der Waals surface area contributed by atoms with Crippen molar-refractivity contribution in [2.75, 3.05) is 6.61 Å². The molecule has 0 saturated carbocycles. The van der Waals surface area contributed by atoms with Gasteiger partial charge in [0.05, 0.1) is 11.6 Å². The predicted octanol–water partition coefficient (Wildman–Crippen LogP) is 3.42. The van der Waals surface area contributed by atoms with E-state index in [0.717, 1.165) is 12.0 Å². The SMILES string of the molecule is NCc1cccc(Cl)c1OCCc1ccccc1. The highest BCUT2D eigenvalue weighted by Crippen LogP contribution is 2.28. The molecule has 0 unspecified atom stereocenters. The zero-order valence-corrected chi connectivity index (χ0v) is 10.9. The molecule has 0 aliphatic carbocycles. The van der Waals surface area contributed by atoms with E-state index in [2.05, 4.69) is 12.1 Å². The topological polar surface area (TPSA) is 35.2 Å². The van der Waals surface area contributed by atoms with Crippen LogP contribution in [0.5, 0.6) is 5.75 Å². The lowest BCUT2D eigenvalue weighted by atomic mass is 10.1. The Morgan fingerprint density at radius 2 is 1.78 bits per heavy atom. The smallest absolute Gasteiger partial charge is 0.142 e. The number of para-hydroxylation sites is 1. The maximum atomic E-state index is 6.11. The zero-order chi connectivity index (χ0) is 12.8. The van der Waals surface area contributed by atoms with Gasteiger partial charge in [-0.05, 0) is 11.6 Å². The second-order valence-corrected chi connectivity index (χ2v) is 4.42. The molecule has 0 aliphatic heterocycles. The van der Waals surface area contributed by atoms with Gasteiger partial charge in [-0.1, -0.05) is 54.1 Å². The second-order valence-electron chi connectivity index (χ2n) is 4.02. The molecule has 0 aromatic heterocycles. The Morgan fingerprint density at radius 1 is 1.00 bits per heavy atom. The molecule has 2 rings (SSSR count). The van der Waals surface area contributed by atoms with Gasteiger partial charge in [0, 0.05) is 18.5 Å². The van der Waals surface area contributed by atoms with Gasteiger partial charge in [-0.2, -0.15) is 0 Å². The minimum atomic E-state index is 0.432. The first-order valence-corrected chi connectivity index (χ1v) is 6.33. The van der Waals surface area contributed by atoms with Gasteiger partial charge in [-0.3, -0.25) is 0 Å². The molecule has 0 aliphatic rings. The fourth-order valence-corrected chi connectivity index (χ4v) is 2.04. The molecule has 2 aromatic rings. The van der Waals surface area contributed by atoms with E-state index in [9.17, 15) is 0 Å². The first-order chi connectivity index (χ1) is 8.81. The first kappa shape index (κ1) is 12.9. The minimum absolute atomic E-state index is 0.432. The van der Waals surface area contributed by atoms with E-state index in [1.165, 1.54) is 5.56 Å². The molecule has 0 bridgehead atoms. The number of hydrogen-bond acceptors (Lipinski definition) is 2. The van der Waals surface area contributed by atoms with Crippen molar-refractivity contribution in [3.8, 4) is 5.75 Å². The molecule has 2 nitrogen and oxygen atoms in total. The molecular formula is C15H16ClNO. The lowest BCUT2D eigenvalue weighted by Crippen LogP contribution is -2.06. The van der Waals surface area contributed by atoms with Gasteiger partial charge in [0.15, 0.2) is 0 Å². The largest absolute Gasteiger partial charge is 0.491 e. The van der Waals surface area contributed by atoms with Crippen molar-refractivity contribution >= 4 is 11.6 Å². The molecule has 18 heavy (non-hydrogen) atoms. The summed E-state index contributed by atoms with van der Waals surface area (Å²) in [4.78, 5) is 0. The fraction of sp³-hybridized carbons (Fsp3) is 0.200. The van der Waals surface area contributed by atoms with Crippen LogP contribution in [0.2, 0.25) is 5.02 Å². The van der Waals surface area contributed by atoms with Crippen LogP contribution in [-0.4, -0.2) is 6.61 Å².